The van der Waals surface area contributed by atoms with Gasteiger partial charge in [-0.15, -0.1) is 0 Å². The van der Waals surface area contributed by atoms with Crippen LogP contribution in [0.3, 0.4) is 0 Å². The Hall–Kier alpha value is -1.40. The standard InChI is InChI=1S/C30H46O6/c1-25(2)13-14-30(24(35)36)18(15-25)17-7-8-19-26(3)11-10-21(31)29(6,23(33)34)20(26)9-12-27(19,4)28(17,5)16-22(30)32/h7,18-22,31-32H,8-16H2,1-6H3,(H,33,34)(H,35,36)/t18-,19-,20+,21+,22-,26-,27-,28-,29+,30-/m1/s1. The van der Waals surface area contributed by atoms with Crippen molar-refractivity contribution in [3.63, 3.8) is 0 Å². The van der Waals surface area contributed by atoms with Gasteiger partial charge in [0.25, 0.3) is 0 Å². The lowest BCUT2D eigenvalue weighted by Gasteiger charge is -2.71. The average molecular weight is 503 g/mol. The molecule has 0 unspecified atom stereocenters. The SMILES string of the molecule is CC1(C)CC[C@]2(C(=O)O)[C@H](O)C[C@]3(C)C(=CC[C@@H]4[C@@]5(C)CC[C@H](O)[C@@](C)(C(=O)O)[C@H]5CC[C@]43C)[C@H]2C1. The number of aliphatic carboxylic acids is 2. The molecule has 5 aliphatic rings. The van der Waals surface area contributed by atoms with Crippen molar-refractivity contribution in [3.05, 3.63) is 11.6 Å². The maximum absolute atomic E-state index is 12.8. The minimum Gasteiger partial charge on any atom is -0.481 e. The highest BCUT2D eigenvalue weighted by atomic mass is 16.4. The molecule has 0 spiro atoms. The highest BCUT2D eigenvalue weighted by molar-refractivity contribution is 5.78. The first-order valence-corrected chi connectivity index (χ1v) is 14.0. The van der Waals surface area contributed by atoms with Gasteiger partial charge in [0.2, 0.25) is 0 Å². The highest BCUT2D eigenvalue weighted by Crippen LogP contribution is 2.75. The van der Waals surface area contributed by atoms with Gasteiger partial charge in [-0.25, -0.2) is 0 Å². The fraction of sp³-hybridized carbons (Fsp3) is 0.867. The van der Waals surface area contributed by atoms with Crippen molar-refractivity contribution in [2.24, 2.45) is 50.2 Å². The van der Waals surface area contributed by atoms with Crippen LogP contribution in [0.25, 0.3) is 0 Å². The molecule has 0 aromatic heterocycles. The topological polar surface area (TPSA) is 115 Å². The number of carbonyl (C=O) groups is 2. The van der Waals surface area contributed by atoms with Crippen molar-refractivity contribution in [3.8, 4) is 0 Å². The third kappa shape index (κ3) is 2.92. The number of fused-ring (bicyclic) bond motifs is 7. The minimum atomic E-state index is -1.17. The zero-order chi connectivity index (χ0) is 26.7. The van der Waals surface area contributed by atoms with Gasteiger partial charge in [-0.3, -0.25) is 9.59 Å². The van der Waals surface area contributed by atoms with Crippen LogP contribution in [0, 0.1) is 50.2 Å². The molecule has 4 N–H and O–H groups in total. The van der Waals surface area contributed by atoms with Crippen LogP contribution in [0.5, 0.6) is 0 Å². The van der Waals surface area contributed by atoms with E-state index in [1.807, 2.05) is 0 Å². The van der Waals surface area contributed by atoms with E-state index < -0.39 is 35.0 Å². The van der Waals surface area contributed by atoms with Gasteiger partial charge in [0, 0.05) is 0 Å². The summed E-state index contributed by atoms with van der Waals surface area (Å²) >= 11 is 0. The number of allylic oxidation sites excluding steroid dienone is 2. The lowest BCUT2D eigenvalue weighted by atomic mass is 9.33. The van der Waals surface area contributed by atoms with E-state index >= 15 is 0 Å². The van der Waals surface area contributed by atoms with E-state index in [1.54, 1.807) is 6.92 Å². The van der Waals surface area contributed by atoms with E-state index in [-0.39, 0.29) is 39.4 Å². The zero-order valence-electron chi connectivity index (χ0n) is 22.9. The normalized spacial score (nSPS) is 53.7. The Balaban J connectivity index is 1.63. The van der Waals surface area contributed by atoms with Crippen molar-refractivity contribution < 1.29 is 30.0 Å². The summed E-state index contributed by atoms with van der Waals surface area (Å²) in [7, 11) is 0. The van der Waals surface area contributed by atoms with E-state index in [9.17, 15) is 30.0 Å². The maximum atomic E-state index is 12.8. The van der Waals surface area contributed by atoms with Crippen LogP contribution in [-0.2, 0) is 9.59 Å². The predicted molar refractivity (Wildman–Crippen MR) is 136 cm³/mol. The second-order valence-electron chi connectivity index (χ2n) is 14.9. The first kappa shape index (κ1) is 26.2. The Bertz CT molecular complexity index is 1020. The number of carboxylic acid groups (broad SMARTS) is 2. The Morgan fingerprint density at radius 1 is 0.806 bits per heavy atom. The smallest absolute Gasteiger partial charge is 0.312 e. The van der Waals surface area contributed by atoms with E-state index in [2.05, 4.69) is 40.7 Å². The number of aliphatic hydroxyl groups excluding tert-OH is 2. The molecule has 6 heteroatoms. The highest BCUT2D eigenvalue weighted by Gasteiger charge is 2.72. The second kappa shape index (κ2) is 7.59. The summed E-state index contributed by atoms with van der Waals surface area (Å²) in [5.41, 5.74) is -1.82. The first-order chi connectivity index (χ1) is 16.5. The minimum absolute atomic E-state index is 0.0205. The Morgan fingerprint density at radius 3 is 2.08 bits per heavy atom. The summed E-state index contributed by atoms with van der Waals surface area (Å²) in [5, 5.41) is 43.3. The first-order valence-electron chi connectivity index (χ1n) is 14.0. The molecule has 4 saturated carbocycles. The van der Waals surface area contributed by atoms with Crippen molar-refractivity contribution in [1.82, 2.24) is 0 Å². The summed E-state index contributed by atoms with van der Waals surface area (Å²) in [4.78, 5) is 25.3. The van der Waals surface area contributed by atoms with Crippen molar-refractivity contribution >= 4 is 11.9 Å². The second-order valence-corrected chi connectivity index (χ2v) is 14.9. The summed E-state index contributed by atoms with van der Waals surface area (Å²) in [5.74, 6) is -1.86. The fourth-order valence-electron chi connectivity index (χ4n) is 10.7. The van der Waals surface area contributed by atoms with Crippen LogP contribution in [0.2, 0.25) is 0 Å². The predicted octanol–water partition coefficient (Wildman–Crippen LogP) is 5.27. The molecule has 36 heavy (non-hydrogen) atoms. The summed E-state index contributed by atoms with van der Waals surface area (Å²) in [6.45, 7) is 13.0. The molecule has 5 aliphatic carbocycles. The maximum Gasteiger partial charge on any atom is 0.312 e. The van der Waals surface area contributed by atoms with Gasteiger partial charge >= 0.3 is 11.9 Å². The molecule has 10 atom stereocenters. The Kier molecular flexibility index (Phi) is 5.53. The molecule has 0 aliphatic heterocycles. The van der Waals surface area contributed by atoms with E-state index in [0.717, 1.165) is 38.5 Å². The number of aliphatic hydroxyl groups is 2. The van der Waals surface area contributed by atoms with Crippen LogP contribution in [-0.4, -0.2) is 44.6 Å². The van der Waals surface area contributed by atoms with Gasteiger partial charge in [0.1, 0.15) is 5.41 Å². The van der Waals surface area contributed by atoms with Gasteiger partial charge in [0.15, 0.2) is 0 Å². The molecule has 0 aromatic rings. The summed E-state index contributed by atoms with van der Waals surface area (Å²) in [6, 6.07) is 0. The van der Waals surface area contributed by atoms with Gasteiger partial charge in [0.05, 0.1) is 17.6 Å². The molecule has 0 amide bonds. The molecule has 0 radical (unpaired) electrons. The van der Waals surface area contributed by atoms with Crippen LogP contribution in [0.4, 0.5) is 0 Å². The van der Waals surface area contributed by atoms with Gasteiger partial charge < -0.3 is 20.4 Å². The number of rotatable bonds is 2. The quantitative estimate of drug-likeness (QED) is 0.383. The molecule has 5 rings (SSSR count). The lowest BCUT2D eigenvalue weighted by molar-refractivity contribution is -0.225. The lowest BCUT2D eigenvalue weighted by Crippen LogP contribution is -2.68. The third-order valence-corrected chi connectivity index (χ3v) is 13.2. The molecule has 0 heterocycles. The molecule has 0 saturated heterocycles. The van der Waals surface area contributed by atoms with E-state index in [0.29, 0.717) is 19.3 Å². The van der Waals surface area contributed by atoms with Gasteiger partial charge in [-0.1, -0.05) is 46.3 Å². The van der Waals surface area contributed by atoms with E-state index in [4.69, 9.17) is 0 Å². The van der Waals surface area contributed by atoms with Crippen LogP contribution >= 0.6 is 0 Å². The summed E-state index contributed by atoms with van der Waals surface area (Å²) < 4.78 is 0. The Morgan fingerprint density at radius 2 is 1.47 bits per heavy atom. The largest absolute Gasteiger partial charge is 0.481 e. The van der Waals surface area contributed by atoms with Crippen LogP contribution in [0.15, 0.2) is 11.6 Å². The molecule has 4 fully saturated rings. The monoisotopic (exact) mass is 502 g/mol. The number of hydrogen-bond donors (Lipinski definition) is 4. The number of hydrogen-bond acceptors (Lipinski definition) is 4. The molecular formula is C30H46O6. The van der Waals surface area contributed by atoms with Crippen molar-refractivity contribution in [2.75, 3.05) is 0 Å². The third-order valence-electron chi connectivity index (χ3n) is 13.2. The van der Waals surface area contributed by atoms with E-state index in [1.165, 1.54) is 5.57 Å². The Labute approximate surface area is 215 Å². The van der Waals surface area contributed by atoms with Gasteiger partial charge in [-0.2, -0.15) is 0 Å². The molecule has 202 valence electrons. The molecule has 0 aromatic carbocycles. The number of carboxylic acids is 2. The average Bonchev–Trinajstić information content (AvgIpc) is 2.76. The van der Waals surface area contributed by atoms with Crippen molar-refractivity contribution in [2.45, 2.75) is 112 Å². The summed E-state index contributed by atoms with van der Waals surface area (Å²) in [6.07, 6.45) is 6.70. The van der Waals surface area contributed by atoms with Crippen LogP contribution < -0.4 is 0 Å². The molecule has 0 bridgehead atoms. The molecular weight excluding hydrogens is 456 g/mol. The fourth-order valence-corrected chi connectivity index (χ4v) is 10.7. The van der Waals surface area contributed by atoms with Crippen molar-refractivity contribution in [1.29, 1.82) is 0 Å². The van der Waals surface area contributed by atoms with Crippen LogP contribution in [0.1, 0.15) is 99.3 Å². The zero-order valence-corrected chi connectivity index (χ0v) is 22.9. The molecule has 6 nitrogen and oxygen atoms in total. The van der Waals surface area contributed by atoms with Gasteiger partial charge in [-0.05, 0) is 104 Å².